The van der Waals surface area contributed by atoms with Gasteiger partial charge in [0.1, 0.15) is 11.5 Å². The quantitative estimate of drug-likeness (QED) is 0.754. The van der Waals surface area contributed by atoms with E-state index in [0.29, 0.717) is 6.10 Å². The van der Waals surface area contributed by atoms with Gasteiger partial charge in [-0.2, -0.15) is 0 Å². The van der Waals surface area contributed by atoms with Crippen molar-refractivity contribution in [1.29, 1.82) is 0 Å². The SMILES string of the molecule is COc1ccc(OC2CCCCC2)cc1. The van der Waals surface area contributed by atoms with Crippen LogP contribution in [0, 0.1) is 0 Å². The summed E-state index contributed by atoms with van der Waals surface area (Å²) in [5.41, 5.74) is 0. The molecule has 0 unspecified atom stereocenters. The molecule has 0 radical (unpaired) electrons. The van der Waals surface area contributed by atoms with Crippen molar-refractivity contribution in [3.63, 3.8) is 0 Å². The average molecular weight is 206 g/mol. The van der Waals surface area contributed by atoms with Crippen LogP contribution in [0.2, 0.25) is 0 Å². The highest BCUT2D eigenvalue weighted by Gasteiger charge is 2.14. The Balaban J connectivity index is 1.91. The molecule has 2 heteroatoms. The minimum Gasteiger partial charge on any atom is -0.497 e. The Bertz CT molecular complexity index is 286. The van der Waals surface area contributed by atoms with Crippen LogP contribution in [0.25, 0.3) is 0 Å². The van der Waals surface area contributed by atoms with Gasteiger partial charge in [-0.3, -0.25) is 0 Å². The number of ether oxygens (including phenoxy) is 2. The third kappa shape index (κ3) is 2.88. The van der Waals surface area contributed by atoms with Crippen molar-refractivity contribution in [3.8, 4) is 11.5 Å². The first-order valence-electron chi connectivity index (χ1n) is 5.69. The normalized spacial score (nSPS) is 17.4. The van der Waals surface area contributed by atoms with E-state index in [4.69, 9.17) is 9.47 Å². The molecule has 2 rings (SSSR count). The molecular formula is C13H18O2. The van der Waals surface area contributed by atoms with Crippen molar-refractivity contribution in [3.05, 3.63) is 24.3 Å². The Morgan fingerprint density at radius 2 is 1.53 bits per heavy atom. The fraction of sp³-hybridized carbons (Fsp3) is 0.538. The van der Waals surface area contributed by atoms with Gasteiger partial charge < -0.3 is 9.47 Å². The molecule has 1 aromatic carbocycles. The fourth-order valence-corrected chi connectivity index (χ4v) is 2.03. The Kier molecular flexibility index (Phi) is 3.49. The molecule has 0 amide bonds. The van der Waals surface area contributed by atoms with Gasteiger partial charge in [-0.25, -0.2) is 0 Å². The zero-order valence-electron chi connectivity index (χ0n) is 9.24. The minimum atomic E-state index is 0.423. The second-order valence-electron chi connectivity index (χ2n) is 4.05. The molecule has 82 valence electrons. The van der Waals surface area contributed by atoms with Gasteiger partial charge in [0, 0.05) is 0 Å². The van der Waals surface area contributed by atoms with Gasteiger partial charge in [-0.05, 0) is 49.9 Å². The van der Waals surface area contributed by atoms with Crippen molar-refractivity contribution >= 4 is 0 Å². The number of hydrogen-bond acceptors (Lipinski definition) is 2. The second-order valence-corrected chi connectivity index (χ2v) is 4.05. The standard InChI is InChI=1S/C13H18O2/c1-14-11-7-9-13(10-8-11)15-12-5-3-2-4-6-12/h7-10,12H,2-6H2,1H3. The maximum absolute atomic E-state index is 5.90. The lowest BCUT2D eigenvalue weighted by atomic mass is 9.98. The summed E-state index contributed by atoms with van der Waals surface area (Å²) in [4.78, 5) is 0. The van der Waals surface area contributed by atoms with Crippen LogP contribution in [0.3, 0.4) is 0 Å². The van der Waals surface area contributed by atoms with E-state index in [-0.39, 0.29) is 0 Å². The Labute approximate surface area is 91.2 Å². The van der Waals surface area contributed by atoms with Crippen LogP contribution in [0.4, 0.5) is 0 Å². The van der Waals surface area contributed by atoms with Gasteiger partial charge in [0.2, 0.25) is 0 Å². The first-order chi connectivity index (χ1) is 7.38. The van der Waals surface area contributed by atoms with Gasteiger partial charge in [0.15, 0.2) is 0 Å². The highest BCUT2D eigenvalue weighted by Crippen LogP contribution is 2.24. The topological polar surface area (TPSA) is 18.5 Å². The van der Waals surface area contributed by atoms with Crippen LogP contribution in [0.5, 0.6) is 11.5 Å². The van der Waals surface area contributed by atoms with E-state index in [1.165, 1.54) is 32.1 Å². The summed E-state index contributed by atoms with van der Waals surface area (Å²) in [6, 6.07) is 7.84. The van der Waals surface area contributed by atoms with E-state index in [9.17, 15) is 0 Å². The molecular weight excluding hydrogens is 188 g/mol. The summed E-state index contributed by atoms with van der Waals surface area (Å²) in [6.07, 6.45) is 6.80. The van der Waals surface area contributed by atoms with Gasteiger partial charge in [0.05, 0.1) is 13.2 Å². The second kappa shape index (κ2) is 5.06. The Hall–Kier alpha value is -1.18. The van der Waals surface area contributed by atoms with Gasteiger partial charge >= 0.3 is 0 Å². The van der Waals surface area contributed by atoms with Crippen LogP contribution in [0.1, 0.15) is 32.1 Å². The van der Waals surface area contributed by atoms with Gasteiger partial charge in [-0.15, -0.1) is 0 Å². The number of hydrogen-bond donors (Lipinski definition) is 0. The molecule has 0 spiro atoms. The molecule has 0 saturated heterocycles. The molecule has 0 aromatic heterocycles. The van der Waals surface area contributed by atoms with E-state index in [1.807, 2.05) is 24.3 Å². The number of methoxy groups -OCH3 is 1. The van der Waals surface area contributed by atoms with Crippen molar-refractivity contribution in [2.75, 3.05) is 7.11 Å². The molecule has 15 heavy (non-hydrogen) atoms. The van der Waals surface area contributed by atoms with Crippen LogP contribution in [-0.2, 0) is 0 Å². The van der Waals surface area contributed by atoms with E-state index < -0.39 is 0 Å². The third-order valence-corrected chi connectivity index (χ3v) is 2.91. The summed E-state index contributed by atoms with van der Waals surface area (Å²) in [7, 11) is 1.68. The summed E-state index contributed by atoms with van der Waals surface area (Å²) in [5, 5.41) is 0. The molecule has 1 saturated carbocycles. The number of benzene rings is 1. The summed E-state index contributed by atoms with van der Waals surface area (Å²) < 4.78 is 11.0. The molecule has 0 aliphatic heterocycles. The summed E-state index contributed by atoms with van der Waals surface area (Å²) in [5.74, 6) is 1.84. The van der Waals surface area contributed by atoms with Crippen LogP contribution in [-0.4, -0.2) is 13.2 Å². The van der Waals surface area contributed by atoms with Crippen LogP contribution in [0.15, 0.2) is 24.3 Å². The minimum absolute atomic E-state index is 0.423. The summed E-state index contributed by atoms with van der Waals surface area (Å²) >= 11 is 0. The van der Waals surface area contributed by atoms with E-state index in [2.05, 4.69) is 0 Å². The lowest BCUT2D eigenvalue weighted by Crippen LogP contribution is -2.19. The molecule has 1 aliphatic carbocycles. The first kappa shape index (κ1) is 10.3. The van der Waals surface area contributed by atoms with Crippen molar-refractivity contribution < 1.29 is 9.47 Å². The Morgan fingerprint density at radius 3 is 2.13 bits per heavy atom. The predicted molar refractivity (Wildman–Crippen MR) is 60.5 cm³/mol. The summed E-state index contributed by atoms with van der Waals surface area (Å²) in [6.45, 7) is 0. The predicted octanol–water partition coefficient (Wildman–Crippen LogP) is 3.41. The zero-order chi connectivity index (χ0) is 10.5. The molecule has 1 aromatic rings. The zero-order valence-corrected chi connectivity index (χ0v) is 9.24. The highest BCUT2D eigenvalue weighted by molar-refractivity contribution is 5.31. The smallest absolute Gasteiger partial charge is 0.119 e. The third-order valence-electron chi connectivity index (χ3n) is 2.91. The molecule has 1 aliphatic rings. The van der Waals surface area contributed by atoms with E-state index in [1.54, 1.807) is 7.11 Å². The fourth-order valence-electron chi connectivity index (χ4n) is 2.03. The molecule has 0 bridgehead atoms. The lowest BCUT2D eigenvalue weighted by Gasteiger charge is -2.22. The molecule has 0 heterocycles. The van der Waals surface area contributed by atoms with Crippen LogP contribution >= 0.6 is 0 Å². The molecule has 1 fully saturated rings. The average Bonchev–Trinajstić information content (AvgIpc) is 2.31. The molecule has 2 nitrogen and oxygen atoms in total. The first-order valence-corrected chi connectivity index (χ1v) is 5.69. The monoisotopic (exact) mass is 206 g/mol. The van der Waals surface area contributed by atoms with Gasteiger partial charge in [-0.1, -0.05) is 6.42 Å². The number of rotatable bonds is 3. The largest absolute Gasteiger partial charge is 0.497 e. The van der Waals surface area contributed by atoms with E-state index in [0.717, 1.165) is 11.5 Å². The maximum atomic E-state index is 5.90. The van der Waals surface area contributed by atoms with Crippen molar-refractivity contribution in [2.24, 2.45) is 0 Å². The maximum Gasteiger partial charge on any atom is 0.119 e. The molecule has 0 N–H and O–H groups in total. The molecule has 0 atom stereocenters. The Morgan fingerprint density at radius 1 is 0.933 bits per heavy atom. The van der Waals surface area contributed by atoms with E-state index >= 15 is 0 Å². The van der Waals surface area contributed by atoms with Crippen molar-refractivity contribution in [1.82, 2.24) is 0 Å². The van der Waals surface area contributed by atoms with Gasteiger partial charge in [0.25, 0.3) is 0 Å². The van der Waals surface area contributed by atoms with Crippen molar-refractivity contribution in [2.45, 2.75) is 38.2 Å². The lowest BCUT2D eigenvalue weighted by molar-refractivity contribution is 0.155. The highest BCUT2D eigenvalue weighted by atomic mass is 16.5. The van der Waals surface area contributed by atoms with Crippen LogP contribution < -0.4 is 9.47 Å².